The lowest BCUT2D eigenvalue weighted by molar-refractivity contribution is -0.128. The Labute approximate surface area is 155 Å². The Bertz CT molecular complexity index is 594. The molecule has 26 heavy (non-hydrogen) atoms. The van der Waals surface area contributed by atoms with Crippen molar-refractivity contribution in [3.05, 3.63) is 35.6 Å². The van der Waals surface area contributed by atoms with E-state index in [2.05, 4.69) is 10.2 Å². The fraction of sp³-hybridized carbons (Fsp3) is 0.650. The maximum Gasteiger partial charge on any atom is 0.242 e. The molecule has 1 aromatic rings. The number of carbonyl (C=O) groups is 1. The molecule has 1 aliphatic heterocycles. The Kier molecular flexibility index (Phi) is 6.27. The molecule has 6 heteroatoms. The highest BCUT2D eigenvalue weighted by atomic mass is 19.1. The van der Waals surface area contributed by atoms with Gasteiger partial charge in [-0.1, -0.05) is 25.0 Å². The standard InChI is InChI=1S/C20H30FN3O2/c1-23(2)18(16-5-7-17(21)8-6-16)19(25)22-20(9-3-4-10-20)15-24-11-13-26-14-12-24/h5-8,18H,3-4,9-15H2,1-2H3,(H,22,25). The monoisotopic (exact) mass is 363 g/mol. The number of rotatable bonds is 6. The van der Waals surface area contributed by atoms with Crippen LogP contribution in [0.1, 0.15) is 37.3 Å². The molecule has 2 aliphatic rings. The number of benzene rings is 1. The molecule has 144 valence electrons. The maximum absolute atomic E-state index is 13.3. The third kappa shape index (κ3) is 4.61. The molecule has 5 nitrogen and oxygen atoms in total. The van der Waals surface area contributed by atoms with E-state index in [9.17, 15) is 9.18 Å². The summed E-state index contributed by atoms with van der Waals surface area (Å²) in [4.78, 5) is 17.5. The third-order valence-electron chi connectivity index (χ3n) is 5.53. The normalized spacial score (nSPS) is 21.7. The molecule has 1 heterocycles. The second-order valence-corrected chi connectivity index (χ2v) is 7.78. The van der Waals surface area contributed by atoms with Crippen molar-refractivity contribution < 1.29 is 13.9 Å². The van der Waals surface area contributed by atoms with Crippen LogP contribution in [-0.4, -0.2) is 68.2 Å². The Hall–Kier alpha value is -1.50. The van der Waals surface area contributed by atoms with Gasteiger partial charge in [0.1, 0.15) is 11.9 Å². The average molecular weight is 363 g/mol. The zero-order valence-corrected chi connectivity index (χ0v) is 15.8. The van der Waals surface area contributed by atoms with Gasteiger partial charge in [-0.3, -0.25) is 14.6 Å². The molecule has 1 N–H and O–H groups in total. The van der Waals surface area contributed by atoms with E-state index in [0.29, 0.717) is 0 Å². The first-order chi connectivity index (χ1) is 12.5. The van der Waals surface area contributed by atoms with Crippen LogP contribution in [0.2, 0.25) is 0 Å². The second kappa shape index (κ2) is 8.46. The van der Waals surface area contributed by atoms with Crippen molar-refractivity contribution in [3.63, 3.8) is 0 Å². The zero-order chi connectivity index (χ0) is 18.6. The summed E-state index contributed by atoms with van der Waals surface area (Å²) < 4.78 is 18.7. The van der Waals surface area contributed by atoms with Crippen LogP contribution in [0, 0.1) is 5.82 Å². The lowest BCUT2D eigenvalue weighted by Crippen LogP contribution is -2.57. The van der Waals surface area contributed by atoms with Gasteiger partial charge in [0.05, 0.1) is 18.8 Å². The van der Waals surface area contributed by atoms with Crippen LogP contribution in [0.25, 0.3) is 0 Å². The molecule has 1 atom stereocenters. The summed E-state index contributed by atoms with van der Waals surface area (Å²) in [5, 5.41) is 3.38. The molecule has 1 saturated heterocycles. The van der Waals surface area contributed by atoms with Crippen molar-refractivity contribution in [2.24, 2.45) is 0 Å². The number of amides is 1. The van der Waals surface area contributed by atoms with Gasteiger partial charge in [0, 0.05) is 19.6 Å². The van der Waals surface area contributed by atoms with E-state index in [1.165, 1.54) is 12.1 Å². The van der Waals surface area contributed by atoms with Crippen molar-refractivity contribution in [3.8, 4) is 0 Å². The molecule has 1 aromatic carbocycles. The molecule has 1 amide bonds. The number of ether oxygens (including phenoxy) is 1. The minimum atomic E-state index is -0.419. The van der Waals surface area contributed by atoms with Crippen LogP contribution in [0.4, 0.5) is 4.39 Å². The maximum atomic E-state index is 13.3. The third-order valence-corrected chi connectivity index (χ3v) is 5.53. The molecule has 1 saturated carbocycles. The number of carbonyl (C=O) groups excluding carboxylic acids is 1. The van der Waals surface area contributed by atoms with Crippen molar-refractivity contribution in [2.75, 3.05) is 46.9 Å². The van der Waals surface area contributed by atoms with Gasteiger partial charge in [0.15, 0.2) is 0 Å². The summed E-state index contributed by atoms with van der Waals surface area (Å²) in [5.74, 6) is -0.289. The first-order valence-electron chi connectivity index (χ1n) is 9.53. The molecule has 0 aromatic heterocycles. The number of morpholine rings is 1. The van der Waals surface area contributed by atoms with E-state index in [4.69, 9.17) is 4.74 Å². The number of hydrogen-bond donors (Lipinski definition) is 1. The van der Waals surface area contributed by atoms with Gasteiger partial charge in [-0.2, -0.15) is 0 Å². The number of likely N-dealkylation sites (N-methyl/N-ethyl adjacent to an activating group) is 1. The summed E-state index contributed by atoms with van der Waals surface area (Å²) >= 11 is 0. The van der Waals surface area contributed by atoms with Crippen LogP contribution < -0.4 is 5.32 Å². The van der Waals surface area contributed by atoms with Crippen molar-refractivity contribution in [1.82, 2.24) is 15.1 Å². The minimum Gasteiger partial charge on any atom is -0.379 e. The number of hydrogen-bond acceptors (Lipinski definition) is 4. The van der Waals surface area contributed by atoms with E-state index in [-0.39, 0.29) is 17.3 Å². The van der Waals surface area contributed by atoms with Gasteiger partial charge in [-0.15, -0.1) is 0 Å². The SMILES string of the molecule is CN(C)C(C(=O)NC1(CN2CCOCC2)CCCC1)c1ccc(F)cc1. The lowest BCUT2D eigenvalue weighted by atomic mass is 9.94. The number of halogens is 1. The smallest absolute Gasteiger partial charge is 0.242 e. The summed E-state index contributed by atoms with van der Waals surface area (Å²) in [6.07, 6.45) is 4.32. The van der Waals surface area contributed by atoms with Crippen LogP contribution in [0.5, 0.6) is 0 Å². The van der Waals surface area contributed by atoms with Crippen molar-refractivity contribution >= 4 is 5.91 Å². The lowest BCUT2D eigenvalue weighted by Gasteiger charge is -2.39. The van der Waals surface area contributed by atoms with E-state index >= 15 is 0 Å². The van der Waals surface area contributed by atoms with Gasteiger partial charge < -0.3 is 10.1 Å². The predicted molar refractivity (Wildman–Crippen MR) is 99.4 cm³/mol. The largest absolute Gasteiger partial charge is 0.379 e. The molecule has 0 spiro atoms. The van der Waals surface area contributed by atoms with Gasteiger partial charge in [0.2, 0.25) is 5.91 Å². The highest BCUT2D eigenvalue weighted by molar-refractivity contribution is 5.84. The summed E-state index contributed by atoms with van der Waals surface area (Å²) in [7, 11) is 3.77. The Balaban J connectivity index is 1.73. The molecule has 0 radical (unpaired) electrons. The Morgan fingerprint density at radius 2 is 1.85 bits per heavy atom. The van der Waals surface area contributed by atoms with Crippen LogP contribution in [-0.2, 0) is 9.53 Å². The molecular formula is C20H30FN3O2. The van der Waals surface area contributed by atoms with Crippen LogP contribution >= 0.6 is 0 Å². The van der Waals surface area contributed by atoms with E-state index < -0.39 is 6.04 Å². The summed E-state index contributed by atoms with van der Waals surface area (Å²) in [6.45, 7) is 4.25. The van der Waals surface area contributed by atoms with Crippen LogP contribution in [0.3, 0.4) is 0 Å². The van der Waals surface area contributed by atoms with Crippen LogP contribution in [0.15, 0.2) is 24.3 Å². The number of nitrogens with zero attached hydrogens (tertiary/aromatic N) is 2. The van der Waals surface area contributed by atoms with E-state index in [1.807, 2.05) is 19.0 Å². The fourth-order valence-corrected chi connectivity index (χ4v) is 4.22. The zero-order valence-electron chi connectivity index (χ0n) is 15.8. The molecule has 1 aliphatic carbocycles. The second-order valence-electron chi connectivity index (χ2n) is 7.78. The predicted octanol–water partition coefficient (Wildman–Crippen LogP) is 2.19. The van der Waals surface area contributed by atoms with Gasteiger partial charge in [-0.05, 0) is 44.6 Å². The molecule has 1 unspecified atom stereocenters. The molecule has 2 fully saturated rings. The molecular weight excluding hydrogens is 333 g/mol. The quantitative estimate of drug-likeness (QED) is 0.842. The minimum absolute atomic E-state index is 0.00299. The molecule has 3 rings (SSSR count). The topological polar surface area (TPSA) is 44.8 Å². The summed E-state index contributed by atoms with van der Waals surface area (Å²) in [5.41, 5.74) is 0.649. The average Bonchev–Trinajstić information content (AvgIpc) is 3.05. The van der Waals surface area contributed by atoms with Gasteiger partial charge >= 0.3 is 0 Å². The Morgan fingerprint density at radius 1 is 1.23 bits per heavy atom. The first kappa shape index (κ1) is 19.3. The summed E-state index contributed by atoms with van der Waals surface area (Å²) in [6, 6.07) is 5.81. The van der Waals surface area contributed by atoms with Gasteiger partial charge in [-0.25, -0.2) is 4.39 Å². The fourth-order valence-electron chi connectivity index (χ4n) is 4.22. The molecule has 0 bridgehead atoms. The highest BCUT2D eigenvalue weighted by Crippen LogP contribution is 2.32. The van der Waals surface area contributed by atoms with Gasteiger partial charge in [0.25, 0.3) is 0 Å². The number of nitrogens with one attached hydrogen (secondary N) is 1. The van der Waals surface area contributed by atoms with Crippen molar-refractivity contribution in [1.29, 1.82) is 0 Å². The van der Waals surface area contributed by atoms with E-state index in [1.54, 1.807) is 12.1 Å². The highest BCUT2D eigenvalue weighted by Gasteiger charge is 2.39. The van der Waals surface area contributed by atoms with E-state index in [0.717, 1.165) is 64.1 Å². The Morgan fingerprint density at radius 3 is 2.42 bits per heavy atom. The first-order valence-corrected chi connectivity index (χ1v) is 9.53. The van der Waals surface area contributed by atoms with Crippen molar-refractivity contribution in [2.45, 2.75) is 37.3 Å².